The van der Waals surface area contributed by atoms with E-state index in [1.807, 2.05) is 0 Å². The summed E-state index contributed by atoms with van der Waals surface area (Å²) in [6.45, 7) is 3.05. The Morgan fingerprint density at radius 3 is 2.50 bits per heavy atom. The Labute approximate surface area is 209 Å². The van der Waals surface area contributed by atoms with Crippen LogP contribution in [0.4, 0.5) is 18.9 Å². The Bertz CT molecular complexity index is 1340. The van der Waals surface area contributed by atoms with Crippen molar-refractivity contribution in [1.29, 1.82) is 0 Å². The van der Waals surface area contributed by atoms with Crippen LogP contribution in [-0.2, 0) is 16.0 Å². The quantitative estimate of drug-likeness (QED) is 0.417. The molecule has 0 unspecified atom stereocenters. The molecule has 190 valence electrons. The topological polar surface area (TPSA) is 97.3 Å². The number of carbonyl (C=O) groups excluding carboxylic acids is 4. The highest BCUT2D eigenvalue weighted by atomic mass is 35.5. The normalized spacial score (nSPS) is 22.2. The second-order valence-electron chi connectivity index (χ2n) is 9.87. The first kappa shape index (κ1) is 24.5. The monoisotopic (exact) mass is 521 g/mol. The highest BCUT2D eigenvalue weighted by Crippen LogP contribution is 2.54. The number of aromatic nitrogens is 1. The van der Waals surface area contributed by atoms with E-state index in [4.69, 9.17) is 11.6 Å². The number of anilines is 1. The Hall–Kier alpha value is -3.14. The molecule has 2 saturated carbocycles. The van der Waals surface area contributed by atoms with Gasteiger partial charge in [-0.05, 0) is 49.4 Å². The number of halogens is 4. The van der Waals surface area contributed by atoms with Gasteiger partial charge in [0.05, 0.1) is 10.6 Å². The number of hydrogen-bond acceptors (Lipinski definition) is 4. The summed E-state index contributed by atoms with van der Waals surface area (Å²) in [6, 6.07) is 3.73. The molecular formula is C25H23ClF3N3O4. The van der Waals surface area contributed by atoms with Gasteiger partial charge in [-0.25, -0.2) is 13.2 Å². The van der Waals surface area contributed by atoms with E-state index in [9.17, 15) is 32.3 Å². The van der Waals surface area contributed by atoms with Gasteiger partial charge in [-0.2, -0.15) is 0 Å². The third kappa shape index (κ3) is 3.82. The van der Waals surface area contributed by atoms with Gasteiger partial charge >= 0.3 is 0 Å². The summed E-state index contributed by atoms with van der Waals surface area (Å²) in [5.74, 6) is -6.74. The van der Waals surface area contributed by atoms with Crippen LogP contribution in [-0.4, -0.2) is 39.4 Å². The predicted octanol–water partition coefficient (Wildman–Crippen LogP) is 4.40. The van der Waals surface area contributed by atoms with E-state index < -0.39 is 53.5 Å². The molecule has 2 atom stereocenters. The van der Waals surface area contributed by atoms with Crippen LogP contribution in [0.3, 0.4) is 0 Å². The van der Waals surface area contributed by atoms with Crippen molar-refractivity contribution in [3.05, 3.63) is 51.6 Å². The Kier molecular flexibility index (Phi) is 5.59. The lowest BCUT2D eigenvalue weighted by atomic mass is 9.69. The maximum atomic E-state index is 13.6. The van der Waals surface area contributed by atoms with Crippen LogP contribution in [0.2, 0.25) is 5.02 Å². The van der Waals surface area contributed by atoms with Crippen LogP contribution in [0.15, 0.2) is 18.2 Å². The zero-order chi connectivity index (χ0) is 26.2. The molecule has 2 aliphatic carbocycles. The number of hydrogen-bond donors (Lipinski definition) is 2. The zero-order valence-corrected chi connectivity index (χ0v) is 20.3. The Morgan fingerprint density at radius 2 is 1.89 bits per heavy atom. The number of ketones is 2. The van der Waals surface area contributed by atoms with Gasteiger partial charge in [0.15, 0.2) is 5.78 Å². The first-order valence-corrected chi connectivity index (χ1v) is 12.0. The third-order valence-electron chi connectivity index (χ3n) is 7.38. The van der Waals surface area contributed by atoms with E-state index in [1.165, 1.54) is 19.1 Å². The summed E-state index contributed by atoms with van der Waals surface area (Å²) in [5.41, 5.74) is -0.468. The van der Waals surface area contributed by atoms with E-state index in [0.29, 0.717) is 12.1 Å². The van der Waals surface area contributed by atoms with Crippen molar-refractivity contribution >= 4 is 40.7 Å². The molecule has 2 aromatic rings. The number of alkyl halides is 2. The summed E-state index contributed by atoms with van der Waals surface area (Å²) >= 11 is 5.81. The molecule has 2 heterocycles. The first-order chi connectivity index (χ1) is 16.9. The molecule has 36 heavy (non-hydrogen) atoms. The predicted molar refractivity (Wildman–Crippen MR) is 124 cm³/mol. The number of benzene rings is 1. The van der Waals surface area contributed by atoms with Gasteiger partial charge in [-0.15, -0.1) is 0 Å². The number of amides is 2. The largest absolute Gasteiger partial charge is 0.336 e. The molecule has 5 rings (SSSR count). The first-order valence-electron chi connectivity index (χ1n) is 11.7. The fourth-order valence-corrected chi connectivity index (χ4v) is 5.79. The smallest absolute Gasteiger partial charge is 0.293 e. The molecule has 2 fully saturated rings. The second kappa shape index (κ2) is 8.19. The molecule has 1 aromatic carbocycles. The molecule has 1 aliphatic heterocycles. The van der Waals surface area contributed by atoms with E-state index in [0.717, 1.165) is 12.5 Å². The third-order valence-corrected chi connectivity index (χ3v) is 7.67. The van der Waals surface area contributed by atoms with E-state index in [2.05, 4.69) is 10.6 Å². The van der Waals surface area contributed by atoms with Crippen LogP contribution in [0.1, 0.15) is 70.8 Å². The lowest BCUT2D eigenvalue weighted by Crippen LogP contribution is -2.67. The maximum absolute atomic E-state index is 13.6. The standard InChI is InChI=1S/C25H23ClF3N3O4/c1-3-18(33)24(9-25(28,29)10-24)31-23(36)21(34)19-11(2)20(32-16-6-12(16)7-17(19)32)22(35)30-13-4-5-15(27)14(26)8-13/h4-5,8,12,16H,3,6-7,9-10H2,1-2H3,(H,30,35)(H,31,36)/t12-,16-/m1/s1. The van der Waals surface area contributed by atoms with Crippen molar-refractivity contribution in [3.63, 3.8) is 0 Å². The summed E-state index contributed by atoms with van der Waals surface area (Å²) < 4.78 is 42.6. The number of rotatable bonds is 7. The number of carbonyl (C=O) groups is 4. The van der Waals surface area contributed by atoms with E-state index in [-0.39, 0.29) is 45.9 Å². The Balaban J connectivity index is 1.45. The fraction of sp³-hybridized carbons (Fsp3) is 0.440. The molecule has 0 radical (unpaired) electrons. The van der Waals surface area contributed by atoms with Gasteiger partial charge < -0.3 is 15.2 Å². The Morgan fingerprint density at radius 1 is 1.19 bits per heavy atom. The molecule has 2 N–H and O–H groups in total. The molecule has 7 nitrogen and oxygen atoms in total. The molecule has 2 amide bonds. The molecular weight excluding hydrogens is 499 g/mol. The summed E-state index contributed by atoms with van der Waals surface area (Å²) in [4.78, 5) is 51.8. The number of Topliss-reactive ketones (excluding diaryl/α,β-unsaturated/α-hetero) is 2. The van der Waals surface area contributed by atoms with Gasteiger partial charge in [0, 0.05) is 36.7 Å². The molecule has 1 aromatic heterocycles. The number of nitrogens with one attached hydrogen (secondary N) is 2. The summed E-state index contributed by atoms with van der Waals surface area (Å²) in [7, 11) is 0. The maximum Gasteiger partial charge on any atom is 0.293 e. The highest BCUT2D eigenvalue weighted by Gasteiger charge is 2.61. The van der Waals surface area contributed by atoms with E-state index >= 15 is 0 Å². The lowest BCUT2D eigenvalue weighted by molar-refractivity contribution is -0.163. The van der Waals surface area contributed by atoms with Crippen LogP contribution >= 0.6 is 11.6 Å². The van der Waals surface area contributed by atoms with Crippen molar-refractivity contribution in [2.45, 2.75) is 63.5 Å². The SMILES string of the molecule is CCC(=O)C1(NC(=O)C(=O)c2c(C)c(C(=O)Nc3ccc(F)c(Cl)c3)n3c2C[C@H]2C[C@H]23)CC(F)(F)C1. The van der Waals surface area contributed by atoms with Gasteiger partial charge in [0.1, 0.15) is 17.1 Å². The summed E-state index contributed by atoms with van der Waals surface area (Å²) in [6.07, 6.45) is -0.446. The lowest BCUT2D eigenvalue weighted by Gasteiger charge is -2.46. The minimum atomic E-state index is -3.09. The molecule has 0 spiro atoms. The van der Waals surface area contributed by atoms with Gasteiger partial charge in [0.25, 0.3) is 23.5 Å². The van der Waals surface area contributed by atoms with E-state index in [1.54, 1.807) is 11.5 Å². The van der Waals surface area contributed by atoms with Crippen molar-refractivity contribution in [2.24, 2.45) is 5.92 Å². The van der Waals surface area contributed by atoms with Crippen molar-refractivity contribution in [1.82, 2.24) is 9.88 Å². The fourth-order valence-electron chi connectivity index (χ4n) is 5.61. The van der Waals surface area contributed by atoms with Gasteiger partial charge in [-0.1, -0.05) is 18.5 Å². The van der Waals surface area contributed by atoms with Crippen molar-refractivity contribution in [3.8, 4) is 0 Å². The molecule has 11 heteroatoms. The molecule has 0 bridgehead atoms. The number of fused-ring (bicyclic) bond motifs is 3. The van der Waals surface area contributed by atoms with Crippen molar-refractivity contribution in [2.75, 3.05) is 5.32 Å². The molecule has 0 saturated heterocycles. The van der Waals surface area contributed by atoms with Gasteiger partial charge in [-0.3, -0.25) is 19.2 Å². The minimum Gasteiger partial charge on any atom is -0.336 e. The average molecular weight is 522 g/mol. The van der Waals surface area contributed by atoms with Crippen molar-refractivity contribution < 1.29 is 32.3 Å². The highest BCUT2D eigenvalue weighted by molar-refractivity contribution is 6.44. The van der Waals surface area contributed by atoms with Crippen LogP contribution in [0, 0.1) is 18.7 Å². The zero-order valence-electron chi connectivity index (χ0n) is 19.5. The number of nitrogens with zero attached hydrogens (tertiary/aromatic N) is 1. The molecule has 3 aliphatic rings. The van der Waals surface area contributed by atoms with Crippen LogP contribution in [0.25, 0.3) is 0 Å². The van der Waals surface area contributed by atoms with Gasteiger partial charge in [0.2, 0.25) is 0 Å². The average Bonchev–Trinajstić information content (AvgIpc) is 3.37. The summed E-state index contributed by atoms with van der Waals surface area (Å²) in [5, 5.41) is 4.77. The van der Waals surface area contributed by atoms with Crippen LogP contribution in [0.5, 0.6) is 0 Å². The van der Waals surface area contributed by atoms with Crippen LogP contribution < -0.4 is 10.6 Å². The second-order valence-corrected chi connectivity index (χ2v) is 10.3. The minimum absolute atomic E-state index is 0.0132.